The third-order valence-corrected chi connectivity index (χ3v) is 0. The van der Waals surface area contributed by atoms with Gasteiger partial charge in [0.1, 0.15) is 0 Å². The summed E-state index contributed by atoms with van der Waals surface area (Å²) in [6.45, 7) is 0. The number of rotatable bonds is 0. The number of hydrogen-bond donors (Lipinski definition) is 2. The third-order valence-electron chi connectivity index (χ3n) is 0. The maximum absolute atomic E-state index is 8.52. The van der Waals surface area contributed by atoms with E-state index in [2.05, 4.69) is 0 Å². The average Bonchev–Trinajstić information content (AvgIpc) is 1.25. The van der Waals surface area contributed by atoms with Gasteiger partial charge in [0.15, 0.2) is 0 Å². The van der Waals surface area contributed by atoms with E-state index in [4.69, 9.17) is 28.0 Å². The quantitative estimate of drug-likeness (QED) is 0.379. The Kier molecular flexibility index (Phi) is 37.2. The largest absolute Gasteiger partial charge is 2.00 e. The van der Waals surface area contributed by atoms with Gasteiger partial charge in [0.2, 0.25) is 0 Å². The average molecular weight is 213 g/mol. The molecule has 0 aromatic rings. The molecule has 0 spiro atoms. The second-order valence-electron chi connectivity index (χ2n) is 0.402. The summed E-state index contributed by atoms with van der Waals surface area (Å²) in [5.41, 5.74) is 0. The van der Waals surface area contributed by atoms with E-state index >= 15 is 0 Å². The fourth-order valence-electron chi connectivity index (χ4n) is 0. The molecule has 10 heavy (non-hydrogen) atoms. The minimum Gasteiger partial charge on any atom is -1.00 e. The Morgan fingerprint density at radius 1 is 0.900 bits per heavy atom. The monoisotopic (exact) mass is 212 g/mol. The first kappa shape index (κ1) is 22.5. The molecule has 0 aliphatic heterocycles. The van der Waals surface area contributed by atoms with Crippen molar-refractivity contribution in [3.63, 3.8) is 0 Å². The van der Waals surface area contributed by atoms with Gasteiger partial charge in [-0.3, -0.25) is 0 Å². The minimum absolute atomic E-state index is 0. The topological polar surface area (TPSA) is 164 Å². The molecule has 0 heterocycles. The minimum atomic E-state index is -2.60. The summed E-state index contributed by atoms with van der Waals surface area (Å²) in [5.74, 6) is 0. The van der Waals surface area contributed by atoms with Crippen molar-refractivity contribution in [1.82, 2.24) is 0 Å². The molecule has 0 aliphatic rings. The molecule has 7 nitrogen and oxygen atoms in total. The predicted octanol–water partition coefficient (Wildman–Crippen LogP) is -6.85. The van der Waals surface area contributed by atoms with Crippen LogP contribution in [0.2, 0.25) is 0 Å². The molecule has 10 heteroatoms. The van der Waals surface area contributed by atoms with Crippen molar-refractivity contribution >= 4 is 23.1 Å². The van der Waals surface area contributed by atoms with Crippen molar-refractivity contribution < 1.29 is 57.9 Å². The maximum Gasteiger partial charge on any atom is 2.00 e. The zero-order valence-corrected chi connectivity index (χ0v) is 7.42. The van der Waals surface area contributed by atoms with Crippen molar-refractivity contribution in [1.29, 1.82) is 0 Å². The molecular weight excluding hydrogens is 207 g/mol. The van der Waals surface area contributed by atoms with Gasteiger partial charge in [0.25, 0.3) is 21.6 Å². The van der Waals surface area contributed by atoms with Crippen LogP contribution in [0.4, 0.5) is 0 Å². The molecule has 0 fully saturated rings. The Balaban J connectivity index is -0.0000000112. The molecule has 0 unspecified atom stereocenters. The van der Waals surface area contributed by atoms with Crippen LogP contribution in [0.5, 0.6) is 0 Å². The first-order valence-electron chi connectivity index (χ1n) is 0.955. The van der Waals surface area contributed by atoms with Gasteiger partial charge < -0.3 is 27.0 Å². The zero-order valence-electron chi connectivity index (χ0n) is 6.49. The van der Waals surface area contributed by atoms with Crippen LogP contribution in [0.15, 0.2) is 0 Å². The van der Waals surface area contributed by atoms with E-state index in [-0.39, 0.29) is 31.4 Å². The second kappa shape index (κ2) is 16.6. The van der Waals surface area contributed by atoms with Crippen molar-refractivity contribution in [2.45, 2.75) is 0 Å². The van der Waals surface area contributed by atoms with Gasteiger partial charge in [-0.05, 0) is 0 Å². The molecule has 0 saturated carbocycles. The Hall–Kier alpha value is 1.07. The smallest absolute Gasteiger partial charge is 1.00 e. The number of halogens is 2. The standard InChI is InChI=1S/2ClHO3.Mg.H2O.2H/c2*2-1(3)4;;;;/h2*2H;;1H2;;/q;;+2;;2*-1. The van der Waals surface area contributed by atoms with Crippen LogP contribution in [-0.4, -0.2) is 37.8 Å². The molecule has 0 rings (SSSR count). The molecule has 0 aliphatic carbocycles. The van der Waals surface area contributed by atoms with Gasteiger partial charge in [0.05, 0.1) is 0 Å². The predicted molar refractivity (Wildman–Crippen MR) is 16.0 cm³/mol. The second-order valence-corrected chi connectivity index (χ2v) is 1.21. The fraction of sp³-hybridized carbons (Fsp3) is 0. The normalized spacial score (nSPS) is 7.20. The van der Waals surface area contributed by atoms with Crippen LogP contribution in [0, 0.1) is 21.6 Å². The molecule has 0 saturated heterocycles. The molecule has 0 aromatic heterocycles. The zero-order chi connectivity index (χ0) is 7.15. The van der Waals surface area contributed by atoms with Crippen LogP contribution in [0.3, 0.4) is 0 Å². The molecule has 0 aromatic carbocycles. The molecule has 64 valence electrons. The SMILES string of the molecule is O.[H-].[H-].[Mg+2].[O-][Cl+2]([O-])O.[O-][Cl+2]([O-])O. The van der Waals surface area contributed by atoms with Crippen molar-refractivity contribution in [2.75, 3.05) is 0 Å². The van der Waals surface area contributed by atoms with Gasteiger partial charge in [-0.1, -0.05) is 0 Å². The van der Waals surface area contributed by atoms with E-state index in [9.17, 15) is 0 Å². The van der Waals surface area contributed by atoms with Crippen molar-refractivity contribution in [3.05, 3.63) is 0 Å². The molecule has 0 radical (unpaired) electrons. The summed E-state index contributed by atoms with van der Waals surface area (Å²) < 4.78 is 47.9. The number of hydrogen-bond acceptors (Lipinski definition) is 6. The summed E-state index contributed by atoms with van der Waals surface area (Å²) in [5, 5.41) is 0. The summed E-state index contributed by atoms with van der Waals surface area (Å²) in [7, 11) is -5.20. The van der Waals surface area contributed by atoms with Crippen LogP contribution < -0.4 is 18.6 Å². The van der Waals surface area contributed by atoms with E-state index in [1.807, 2.05) is 0 Å². The van der Waals surface area contributed by atoms with Crippen LogP contribution in [-0.2, 0) is 0 Å². The van der Waals surface area contributed by atoms with Crippen molar-refractivity contribution in [3.8, 4) is 0 Å². The van der Waals surface area contributed by atoms with E-state index in [0.29, 0.717) is 0 Å². The van der Waals surface area contributed by atoms with Crippen LogP contribution in [0.25, 0.3) is 0 Å². The first-order chi connectivity index (χ1) is 3.46. The summed E-state index contributed by atoms with van der Waals surface area (Å²) in [6, 6.07) is 0. The summed E-state index contributed by atoms with van der Waals surface area (Å²) in [4.78, 5) is 0. The maximum atomic E-state index is 8.52. The molecule has 4 N–H and O–H groups in total. The summed E-state index contributed by atoms with van der Waals surface area (Å²) >= 11 is 0. The van der Waals surface area contributed by atoms with Crippen LogP contribution in [0.1, 0.15) is 2.85 Å². The van der Waals surface area contributed by atoms with Crippen molar-refractivity contribution in [2.24, 2.45) is 0 Å². The Morgan fingerprint density at radius 3 is 0.900 bits per heavy atom. The molecule has 0 bridgehead atoms. The van der Waals surface area contributed by atoms with E-state index in [1.165, 1.54) is 0 Å². The summed E-state index contributed by atoms with van der Waals surface area (Å²) in [6.07, 6.45) is 0. The Labute approximate surface area is 81.1 Å². The fourth-order valence-corrected chi connectivity index (χ4v) is 0. The first-order valence-corrected chi connectivity index (χ1v) is 2.87. The van der Waals surface area contributed by atoms with E-state index < -0.39 is 21.6 Å². The van der Waals surface area contributed by atoms with Crippen LogP contribution >= 0.6 is 0 Å². The molecule has 0 atom stereocenters. The van der Waals surface area contributed by atoms with Gasteiger partial charge in [-0.25, -0.2) is 0 Å². The Bertz CT molecular complexity index is 34.9. The van der Waals surface area contributed by atoms with Gasteiger partial charge in [0, 0.05) is 9.32 Å². The molecule has 0 amide bonds. The Morgan fingerprint density at radius 2 is 0.900 bits per heavy atom. The van der Waals surface area contributed by atoms with Gasteiger partial charge in [-0.2, -0.15) is 0 Å². The third kappa shape index (κ3) is 519. The molecular formula is H6Cl2MgO7. The van der Waals surface area contributed by atoms with E-state index in [1.54, 1.807) is 0 Å². The van der Waals surface area contributed by atoms with Gasteiger partial charge in [-0.15, -0.1) is 0 Å². The van der Waals surface area contributed by atoms with Gasteiger partial charge >= 0.3 is 23.1 Å². The van der Waals surface area contributed by atoms with E-state index in [0.717, 1.165) is 0 Å².